The lowest BCUT2D eigenvalue weighted by Crippen LogP contribution is -2.47. The highest BCUT2D eigenvalue weighted by molar-refractivity contribution is 5.82. The molecule has 1 aromatic rings. The maximum Gasteiger partial charge on any atom is 0.237 e. The average Bonchev–Trinajstić information content (AvgIpc) is 3.01. The zero-order valence-electron chi connectivity index (χ0n) is 11.4. The molecule has 1 amide bonds. The molecule has 1 aromatic heterocycles. The molecule has 0 bridgehead atoms. The number of rotatable bonds is 3. The van der Waals surface area contributed by atoms with Crippen molar-refractivity contribution in [3.63, 3.8) is 0 Å². The molecule has 6 nitrogen and oxygen atoms in total. The maximum absolute atomic E-state index is 12.2. The van der Waals surface area contributed by atoms with Crippen LogP contribution in [-0.4, -0.2) is 33.3 Å². The molecule has 2 aliphatic rings. The first-order chi connectivity index (χ1) is 9.25. The topological polar surface area (TPSA) is 71.8 Å². The lowest BCUT2D eigenvalue weighted by molar-refractivity contribution is -0.124. The minimum atomic E-state index is -0.0735. The van der Waals surface area contributed by atoms with Crippen molar-refractivity contribution in [2.45, 2.75) is 57.7 Å². The Bertz CT molecular complexity index is 464. The molecule has 3 rings (SSSR count). The molecule has 0 radical (unpaired) electrons. The largest absolute Gasteiger partial charge is 0.345 e. The Labute approximate surface area is 113 Å². The highest BCUT2D eigenvalue weighted by Gasteiger charge is 2.25. The number of aromatic nitrogens is 3. The van der Waals surface area contributed by atoms with Gasteiger partial charge in [0, 0.05) is 13.0 Å². The van der Waals surface area contributed by atoms with Gasteiger partial charge in [0.05, 0.1) is 12.1 Å². The number of nitrogens with one attached hydrogen (secondary N) is 2. The van der Waals surface area contributed by atoms with Gasteiger partial charge in [-0.3, -0.25) is 4.79 Å². The summed E-state index contributed by atoms with van der Waals surface area (Å²) < 4.78 is 2.14. The van der Waals surface area contributed by atoms with E-state index in [1.807, 2.05) is 6.92 Å². The van der Waals surface area contributed by atoms with Gasteiger partial charge in [-0.05, 0) is 32.7 Å². The van der Waals surface area contributed by atoms with E-state index >= 15 is 0 Å². The van der Waals surface area contributed by atoms with Crippen molar-refractivity contribution in [2.24, 2.45) is 0 Å². The SMILES string of the molecule is CC(NC(=O)[C@H]1CCCCN1)c1nnc2n1CCC2. The lowest BCUT2D eigenvalue weighted by atomic mass is 10.0. The first-order valence-corrected chi connectivity index (χ1v) is 7.21. The van der Waals surface area contributed by atoms with Crippen molar-refractivity contribution < 1.29 is 4.79 Å². The van der Waals surface area contributed by atoms with E-state index in [1.165, 1.54) is 0 Å². The Morgan fingerprint density at radius 2 is 2.32 bits per heavy atom. The Morgan fingerprint density at radius 3 is 3.11 bits per heavy atom. The molecule has 19 heavy (non-hydrogen) atoms. The number of hydrogen-bond acceptors (Lipinski definition) is 4. The average molecular weight is 263 g/mol. The molecule has 2 N–H and O–H groups in total. The number of piperidine rings is 1. The summed E-state index contributed by atoms with van der Waals surface area (Å²) in [6.07, 6.45) is 5.34. The van der Waals surface area contributed by atoms with Crippen LogP contribution in [0.1, 0.15) is 50.3 Å². The molecule has 1 saturated heterocycles. The van der Waals surface area contributed by atoms with Crippen molar-refractivity contribution in [2.75, 3.05) is 6.54 Å². The third-order valence-electron chi connectivity index (χ3n) is 4.01. The number of carbonyl (C=O) groups excluding carboxylic acids is 1. The van der Waals surface area contributed by atoms with Gasteiger partial charge in [-0.15, -0.1) is 10.2 Å². The van der Waals surface area contributed by atoms with Gasteiger partial charge in [-0.1, -0.05) is 6.42 Å². The van der Waals surface area contributed by atoms with Crippen molar-refractivity contribution >= 4 is 5.91 Å². The number of amides is 1. The summed E-state index contributed by atoms with van der Waals surface area (Å²) in [5.41, 5.74) is 0. The van der Waals surface area contributed by atoms with Crippen LogP contribution >= 0.6 is 0 Å². The lowest BCUT2D eigenvalue weighted by Gasteiger charge is -2.24. The van der Waals surface area contributed by atoms with E-state index in [2.05, 4.69) is 25.4 Å². The highest BCUT2D eigenvalue weighted by Crippen LogP contribution is 2.19. The van der Waals surface area contributed by atoms with Crippen molar-refractivity contribution in [1.82, 2.24) is 25.4 Å². The first-order valence-electron chi connectivity index (χ1n) is 7.21. The standard InChI is InChI=1S/C13H21N5O/c1-9(12-17-16-11-6-4-8-18(11)12)15-13(19)10-5-2-3-7-14-10/h9-10,14H,2-8H2,1H3,(H,15,19)/t9?,10-/m1/s1. The second kappa shape index (κ2) is 5.28. The fourth-order valence-electron chi connectivity index (χ4n) is 2.95. The quantitative estimate of drug-likeness (QED) is 0.835. The summed E-state index contributed by atoms with van der Waals surface area (Å²) in [5, 5.41) is 14.7. The number of fused-ring (bicyclic) bond motifs is 1. The number of nitrogens with zero attached hydrogens (tertiary/aromatic N) is 3. The van der Waals surface area contributed by atoms with Gasteiger partial charge < -0.3 is 15.2 Å². The van der Waals surface area contributed by atoms with E-state index in [0.29, 0.717) is 0 Å². The number of aryl methyl sites for hydroxylation is 1. The Balaban J connectivity index is 1.64. The van der Waals surface area contributed by atoms with Crippen LogP contribution in [0.5, 0.6) is 0 Å². The van der Waals surface area contributed by atoms with Crippen molar-refractivity contribution in [1.29, 1.82) is 0 Å². The fraction of sp³-hybridized carbons (Fsp3) is 0.769. The van der Waals surface area contributed by atoms with E-state index < -0.39 is 0 Å². The molecule has 3 heterocycles. The number of carbonyl (C=O) groups is 1. The molecule has 6 heteroatoms. The monoisotopic (exact) mass is 263 g/mol. The van der Waals surface area contributed by atoms with Crippen LogP contribution in [0.4, 0.5) is 0 Å². The predicted octanol–water partition coefficient (Wildman–Crippen LogP) is 0.544. The third-order valence-corrected chi connectivity index (χ3v) is 4.01. The normalized spacial score (nSPS) is 23.9. The summed E-state index contributed by atoms with van der Waals surface area (Å²) >= 11 is 0. The first kappa shape index (κ1) is 12.6. The van der Waals surface area contributed by atoms with E-state index in [1.54, 1.807) is 0 Å². The minimum absolute atomic E-state index is 0.0443. The smallest absolute Gasteiger partial charge is 0.237 e. The van der Waals surface area contributed by atoms with Gasteiger partial charge in [0.15, 0.2) is 5.82 Å². The highest BCUT2D eigenvalue weighted by atomic mass is 16.2. The predicted molar refractivity (Wildman–Crippen MR) is 70.5 cm³/mol. The van der Waals surface area contributed by atoms with E-state index in [0.717, 1.165) is 56.8 Å². The Hall–Kier alpha value is -1.43. The second-order valence-corrected chi connectivity index (χ2v) is 5.46. The molecule has 104 valence electrons. The van der Waals surface area contributed by atoms with Crippen LogP contribution in [0.2, 0.25) is 0 Å². The molecule has 0 spiro atoms. The minimum Gasteiger partial charge on any atom is -0.345 e. The van der Waals surface area contributed by atoms with Crippen LogP contribution in [0, 0.1) is 0 Å². The van der Waals surface area contributed by atoms with Gasteiger partial charge in [-0.25, -0.2) is 0 Å². The summed E-state index contributed by atoms with van der Waals surface area (Å²) in [4.78, 5) is 12.2. The van der Waals surface area contributed by atoms with Gasteiger partial charge in [-0.2, -0.15) is 0 Å². The Kier molecular flexibility index (Phi) is 3.50. The van der Waals surface area contributed by atoms with Gasteiger partial charge in [0.25, 0.3) is 0 Å². The zero-order valence-corrected chi connectivity index (χ0v) is 11.4. The molecule has 1 unspecified atom stereocenters. The molecular formula is C13H21N5O. The van der Waals surface area contributed by atoms with Gasteiger partial charge >= 0.3 is 0 Å². The third kappa shape index (κ3) is 2.49. The van der Waals surface area contributed by atoms with Crippen LogP contribution in [-0.2, 0) is 17.8 Å². The summed E-state index contributed by atoms with van der Waals surface area (Å²) in [7, 11) is 0. The fourth-order valence-corrected chi connectivity index (χ4v) is 2.95. The second-order valence-electron chi connectivity index (χ2n) is 5.46. The summed E-state index contributed by atoms with van der Waals surface area (Å²) in [6.45, 7) is 3.89. The molecule has 2 aliphatic heterocycles. The van der Waals surface area contributed by atoms with Crippen molar-refractivity contribution in [3.8, 4) is 0 Å². The van der Waals surface area contributed by atoms with E-state index in [-0.39, 0.29) is 18.0 Å². The van der Waals surface area contributed by atoms with Gasteiger partial charge in [0.2, 0.25) is 5.91 Å². The molecular weight excluding hydrogens is 242 g/mol. The van der Waals surface area contributed by atoms with Crippen molar-refractivity contribution in [3.05, 3.63) is 11.6 Å². The zero-order chi connectivity index (χ0) is 13.2. The molecule has 2 atom stereocenters. The van der Waals surface area contributed by atoms with E-state index in [4.69, 9.17) is 0 Å². The van der Waals surface area contributed by atoms with Crippen LogP contribution < -0.4 is 10.6 Å². The van der Waals surface area contributed by atoms with Crippen LogP contribution in [0.25, 0.3) is 0 Å². The summed E-state index contributed by atoms with van der Waals surface area (Å²) in [6, 6.07) is -0.118. The molecule has 0 aromatic carbocycles. The molecule has 0 saturated carbocycles. The van der Waals surface area contributed by atoms with E-state index in [9.17, 15) is 4.79 Å². The Morgan fingerprint density at radius 1 is 1.42 bits per heavy atom. The van der Waals surface area contributed by atoms with Crippen LogP contribution in [0.15, 0.2) is 0 Å². The molecule has 0 aliphatic carbocycles. The summed E-state index contributed by atoms with van der Waals surface area (Å²) in [5.74, 6) is 2.02. The maximum atomic E-state index is 12.2. The number of hydrogen-bond donors (Lipinski definition) is 2. The van der Waals surface area contributed by atoms with Gasteiger partial charge in [0.1, 0.15) is 5.82 Å². The van der Waals surface area contributed by atoms with Crippen LogP contribution in [0.3, 0.4) is 0 Å². The molecule has 1 fully saturated rings.